The summed E-state index contributed by atoms with van der Waals surface area (Å²) in [5, 5.41) is 4.48. The fourth-order valence-corrected chi connectivity index (χ4v) is 3.47. The molecule has 1 aliphatic rings. The molecule has 1 saturated heterocycles. The first kappa shape index (κ1) is 20.2. The Morgan fingerprint density at radius 2 is 1.93 bits per heavy atom. The molecule has 3 rings (SSSR count). The Kier molecular flexibility index (Phi) is 7.53. The average Bonchev–Trinajstić information content (AvgIpc) is 2.70. The molecule has 2 aromatic carbocycles. The normalized spacial score (nSPS) is 17.1. The van der Waals surface area contributed by atoms with Gasteiger partial charge in [-0.05, 0) is 29.7 Å². The SMILES string of the molecule is O=C(CCc1ccccc1)N1CCOC(CNCc2ccc(Cl)c(Cl)c2)C1. The van der Waals surface area contributed by atoms with Gasteiger partial charge >= 0.3 is 0 Å². The van der Waals surface area contributed by atoms with E-state index in [9.17, 15) is 4.79 Å². The van der Waals surface area contributed by atoms with Gasteiger partial charge in [0.25, 0.3) is 0 Å². The Labute approximate surface area is 170 Å². The number of hydrogen-bond donors (Lipinski definition) is 1. The largest absolute Gasteiger partial charge is 0.373 e. The zero-order valence-corrected chi connectivity index (χ0v) is 16.7. The van der Waals surface area contributed by atoms with Gasteiger partial charge in [-0.3, -0.25) is 4.79 Å². The lowest BCUT2D eigenvalue weighted by molar-refractivity contribution is -0.138. The highest BCUT2D eigenvalue weighted by molar-refractivity contribution is 6.42. The van der Waals surface area contributed by atoms with Gasteiger partial charge in [0.1, 0.15) is 0 Å². The number of nitrogens with one attached hydrogen (secondary N) is 1. The summed E-state index contributed by atoms with van der Waals surface area (Å²) in [7, 11) is 0. The Morgan fingerprint density at radius 3 is 2.70 bits per heavy atom. The standard InChI is InChI=1S/C21H24Cl2N2O2/c22-19-8-6-17(12-20(19)23)13-24-14-18-15-25(10-11-27-18)21(26)9-7-16-4-2-1-3-5-16/h1-6,8,12,18,24H,7,9-11,13-15H2. The maximum Gasteiger partial charge on any atom is 0.223 e. The summed E-state index contributed by atoms with van der Waals surface area (Å²) in [6, 6.07) is 15.7. The summed E-state index contributed by atoms with van der Waals surface area (Å²) >= 11 is 12.0. The van der Waals surface area contributed by atoms with Crippen LogP contribution >= 0.6 is 23.2 Å². The molecular formula is C21H24Cl2N2O2. The quantitative estimate of drug-likeness (QED) is 0.756. The molecule has 144 valence electrons. The number of nitrogens with zero attached hydrogens (tertiary/aromatic N) is 1. The van der Waals surface area contributed by atoms with Crippen molar-refractivity contribution in [2.45, 2.75) is 25.5 Å². The number of aryl methyl sites for hydroxylation is 1. The lowest BCUT2D eigenvalue weighted by Gasteiger charge is -2.33. The zero-order valence-electron chi connectivity index (χ0n) is 15.2. The monoisotopic (exact) mass is 406 g/mol. The lowest BCUT2D eigenvalue weighted by atomic mass is 10.1. The van der Waals surface area contributed by atoms with Crippen LogP contribution in [-0.2, 0) is 22.5 Å². The van der Waals surface area contributed by atoms with E-state index in [0.29, 0.717) is 49.3 Å². The molecule has 4 nitrogen and oxygen atoms in total. The van der Waals surface area contributed by atoms with E-state index in [4.69, 9.17) is 27.9 Å². The van der Waals surface area contributed by atoms with Crippen LogP contribution in [0.2, 0.25) is 10.0 Å². The fourth-order valence-electron chi connectivity index (χ4n) is 3.15. The zero-order chi connectivity index (χ0) is 19.1. The number of carbonyl (C=O) groups is 1. The predicted octanol–water partition coefficient (Wildman–Crippen LogP) is 3.94. The summed E-state index contributed by atoms with van der Waals surface area (Å²) in [6.07, 6.45) is 1.31. The van der Waals surface area contributed by atoms with Gasteiger partial charge in [0.15, 0.2) is 0 Å². The molecule has 1 fully saturated rings. The van der Waals surface area contributed by atoms with Gasteiger partial charge < -0.3 is 15.0 Å². The van der Waals surface area contributed by atoms with Crippen molar-refractivity contribution in [3.05, 3.63) is 69.7 Å². The first-order valence-electron chi connectivity index (χ1n) is 9.20. The van der Waals surface area contributed by atoms with Gasteiger partial charge in [-0.25, -0.2) is 0 Å². The van der Waals surface area contributed by atoms with E-state index >= 15 is 0 Å². The van der Waals surface area contributed by atoms with E-state index in [1.807, 2.05) is 35.2 Å². The summed E-state index contributed by atoms with van der Waals surface area (Å²) in [6.45, 7) is 3.23. The molecule has 1 atom stereocenters. The fraction of sp³-hybridized carbons (Fsp3) is 0.381. The molecule has 1 amide bonds. The van der Waals surface area contributed by atoms with E-state index < -0.39 is 0 Å². The van der Waals surface area contributed by atoms with E-state index in [-0.39, 0.29) is 12.0 Å². The van der Waals surface area contributed by atoms with Crippen LogP contribution in [0.15, 0.2) is 48.5 Å². The molecule has 1 heterocycles. The van der Waals surface area contributed by atoms with Gasteiger partial charge in [-0.1, -0.05) is 59.6 Å². The maximum absolute atomic E-state index is 12.5. The molecule has 27 heavy (non-hydrogen) atoms. The van der Waals surface area contributed by atoms with Crippen LogP contribution in [0.4, 0.5) is 0 Å². The molecule has 0 aliphatic carbocycles. The van der Waals surface area contributed by atoms with E-state index in [0.717, 1.165) is 12.0 Å². The maximum atomic E-state index is 12.5. The molecule has 1 N–H and O–H groups in total. The third kappa shape index (κ3) is 6.22. The Bertz CT molecular complexity index is 755. The molecule has 0 radical (unpaired) electrons. The molecule has 2 aromatic rings. The molecule has 0 aromatic heterocycles. The van der Waals surface area contributed by atoms with Crippen molar-refractivity contribution < 1.29 is 9.53 Å². The van der Waals surface area contributed by atoms with Gasteiger partial charge in [0.2, 0.25) is 5.91 Å². The minimum atomic E-state index is 0.00203. The Balaban J connectivity index is 1.41. The molecule has 1 unspecified atom stereocenters. The van der Waals surface area contributed by atoms with Gasteiger partial charge in [0.05, 0.1) is 22.8 Å². The van der Waals surface area contributed by atoms with Crippen molar-refractivity contribution in [1.82, 2.24) is 10.2 Å². The van der Waals surface area contributed by atoms with Crippen LogP contribution in [0, 0.1) is 0 Å². The Hall–Kier alpha value is -1.59. The minimum Gasteiger partial charge on any atom is -0.373 e. The third-order valence-electron chi connectivity index (χ3n) is 4.65. The van der Waals surface area contributed by atoms with Crippen LogP contribution < -0.4 is 5.32 Å². The summed E-state index contributed by atoms with van der Waals surface area (Å²) in [5.41, 5.74) is 2.26. The summed E-state index contributed by atoms with van der Waals surface area (Å²) in [4.78, 5) is 14.4. The number of ether oxygens (including phenoxy) is 1. The van der Waals surface area contributed by atoms with Crippen LogP contribution in [0.25, 0.3) is 0 Å². The first-order chi connectivity index (χ1) is 13.1. The van der Waals surface area contributed by atoms with Gasteiger partial charge in [-0.2, -0.15) is 0 Å². The highest BCUT2D eigenvalue weighted by atomic mass is 35.5. The second-order valence-corrected chi connectivity index (χ2v) is 7.51. The van der Waals surface area contributed by atoms with Crippen LogP contribution in [-0.4, -0.2) is 43.2 Å². The first-order valence-corrected chi connectivity index (χ1v) is 9.95. The molecule has 1 aliphatic heterocycles. The van der Waals surface area contributed by atoms with E-state index in [1.54, 1.807) is 6.07 Å². The minimum absolute atomic E-state index is 0.00203. The second-order valence-electron chi connectivity index (χ2n) is 6.70. The average molecular weight is 407 g/mol. The summed E-state index contributed by atoms with van der Waals surface area (Å²) < 4.78 is 5.80. The van der Waals surface area contributed by atoms with Crippen LogP contribution in [0.5, 0.6) is 0 Å². The molecule has 6 heteroatoms. The Morgan fingerprint density at radius 1 is 1.11 bits per heavy atom. The number of halogens is 2. The molecule has 0 bridgehead atoms. The second kappa shape index (κ2) is 10.1. The van der Waals surface area contributed by atoms with Crippen molar-refractivity contribution in [3.8, 4) is 0 Å². The molecule has 0 saturated carbocycles. The third-order valence-corrected chi connectivity index (χ3v) is 5.39. The molecule has 0 spiro atoms. The number of rotatable bonds is 7. The number of amides is 1. The smallest absolute Gasteiger partial charge is 0.223 e. The summed E-state index contributed by atoms with van der Waals surface area (Å²) in [5.74, 6) is 0.191. The van der Waals surface area contributed by atoms with Crippen molar-refractivity contribution in [2.75, 3.05) is 26.2 Å². The number of hydrogen-bond acceptors (Lipinski definition) is 3. The molecular weight excluding hydrogens is 383 g/mol. The number of carbonyl (C=O) groups excluding carboxylic acids is 1. The topological polar surface area (TPSA) is 41.6 Å². The van der Waals surface area contributed by atoms with Gasteiger partial charge in [-0.15, -0.1) is 0 Å². The highest BCUT2D eigenvalue weighted by Crippen LogP contribution is 2.22. The van der Waals surface area contributed by atoms with Gasteiger partial charge in [0, 0.05) is 32.6 Å². The van der Waals surface area contributed by atoms with Crippen LogP contribution in [0.1, 0.15) is 17.5 Å². The number of morpholine rings is 1. The van der Waals surface area contributed by atoms with Crippen LogP contribution in [0.3, 0.4) is 0 Å². The lowest BCUT2D eigenvalue weighted by Crippen LogP contribution is -2.48. The predicted molar refractivity (Wildman–Crippen MR) is 109 cm³/mol. The number of benzene rings is 2. The highest BCUT2D eigenvalue weighted by Gasteiger charge is 2.23. The van der Waals surface area contributed by atoms with Crippen molar-refractivity contribution in [1.29, 1.82) is 0 Å². The van der Waals surface area contributed by atoms with Crippen molar-refractivity contribution in [2.24, 2.45) is 0 Å². The van der Waals surface area contributed by atoms with Crippen molar-refractivity contribution in [3.63, 3.8) is 0 Å². The van der Waals surface area contributed by atoms with Crippen molar-refractivity contribution >= 4 is 29.1 Å². The van der Waals surface area contributed by atoms with E-state index in [2.05, 4.69) is 17.4 Å². The van der Waals surface area contributed by atoms with E-state index in [1.165, 1.54) is 5.56 Å².